The summed E-state index contributed by atoms with van der Waals surface area (Å²) in [6.07, 6.45) is 3.71. The van der Waals surface area contributed by atoms with Gasteiger partial charge in [-0.05, 0) is 288 Å². The third-order valence-electron chi connectivity index (χ3n) is 25.2. The van der Waals surface area contributed by atoms with Gasteiger partial charge in [-0.25, -0.2) is 0 Å². The Bertz CT molecular complexity index is 7050. The van der Waals surface area contributed by atoms with Gasteiger partial charge in [-0.1, -0.05) is 387 Å². The Hall–Kier alpha value is -16.7. The van der Waals surface area contributed by atoms with Crippen LogP contribution in [0.4, 0.5) is 68.2 Å². The van der Waals surface area contributed by atoms with Gasteiger partial charge in [-0.2, -0.15) is 0 Å². The van der Waals surface area contributed by atoms with Crippen molar-refractivity contribution in [3.05, 3.63) is 572 Å². The zero-order valence-corrected chi connectivity index (χ0v) is 76.4. The highest BCUT2D eigenvalue weighted by Crippen LogP contribution is 2.48. The molecule has 1 aromatic heterocycles. The van der Waals surface area contributed by atoms with Crippen LogP contribution < -0.4 is 19.6 Å². The molecule has 135 heavy (non-hydrogen) atoms. The van der Waals surface area contributed by atoms with E-state index in [1.54, 1.807) is 0 Å². The summed E-state index contributed by atoms with van der Waals surface area (Å²) in [7, 11) is 0. The molecule has 0 fully saturated rings. The first-order valence-electron chi connectivity index (χ1n) is 45.7. The monoisotopic (exact) mass is 1770 g/mol. The Morgan fingerprint density at radius 1 is 0.178 bits per heavy atom. The smallest absolute Gasteiger partial charge is 0.0505 e. The molecule has 5 nitrogen and oxygen atoms in total. The normalized spacial score (nSPS) is 11.2. The fourth-order valence-electron chi connectivity index (χ4n) is 18.3. The Kier molecular flexibility index (Phi) is 25.8. The maximum absolute atomic E-state index is 7.13. The van der Waals surface area contributed by atoms with E-state index in [9.17, 15) is 0 Å². The number of hydrogen-bond donors (Lipinski definition) is 0. The highest BCUT2D eigenvalue weighted by molar-refractivity contribution is 6.36. The molecule has 21 aromatic rings. The van der Waals surface area contributed by atoms with E-state index in [-0.39, 0.29) is 5.92 Å². The topological polar surface area (TPSA) is 25.9 Å². The zero-order valence-electron chi connectivity index (χ0n) is 74.9. The third kappa shape index (κ3) is 19.4. The average molecular weight is 1770 g/mol. The Morgan fingerprint density at radius 3 is 0.696 bits per heavy atom. The summed E-state index contributed by atoms with van der Waals surface area (Å²) >= 11 is 13.8. The molecule has 0 saturated carbocycles. The SMILES string of the molecule is Cc1cc(-c2ccc(N(c3ccc(-c4ccccc4)cc3)c3ccc(-c4ccccc4)cc3)c(C)c2)ccc1N(c1ccc(-c2ccccc2)cc1)c1ccc(-c2ccccc2)cc1.Clc1ccccc1-c1ccc(N(c2ccc(-c3ccccc3)cc2)c2ccc(C(c3ccccc3)c3ccc(N(c4ccc(-c5ccccc5)cc4)c4ccc(-c5cccnc5)cc4)cc3)cc2)cc1Cl. The van der Waals surface area contributed by atoms with Gasteiger partial charge in [0.25, 0.3) is 0 Å². The molecule has 0 bridgehead atoms. The number of benzene rings is 20. The summed E-state index contributed by atoms with van der Waals surface area (Å²) in [5.41, 5.74) is 39.5. The summed E-state index contributed by atoms with van der Waals surface area (Å²) in [5.74, 6) is -0.0281. The summed E-state index contributed by atoms with van der Waals surface area (Å²) in [5, 5.41) is 1.28. The van der Waals surface area contributed by atoms with Crippen LogP contribution in [0.15, 0.2) is 534 Å². The number of hydrogen-bond acceptors (Lipinski definition) is 5. The van der Waals surface area contributed by atoms with E-state index >= 15 is 0 Å². The largest absolute Gasteiger partial charge is 0.311 e. The van der Waals surface area contributed by atoms with E-state index in [0.29, 0.717) is 10.0 Å². The zero-order chi connectivity index (χ0) is 91.2. The lowest BCUT2D eigenvalue weighted by Crippen LogP contribution is -2.12. The van der Waals surface area contributed by atoms with E-state index < -0.39 is 0 Å². The fourth-order valence-corrected chi connectivity index (χ4v) is 18.8. The van der Waals surface area contributed by atoms with Crippen LogP contribution in [0.3, 0.4) is 0 Å². The van der Waals surface area contributed by atoms with Crippen molar-refractivity contribution in [3.63, 3.8) is 0 Å². The molecule has 1 heterocycles. The van der Waals surface area contributed by atoms with Gasteiger partial charge in [0.1, 0.15) is 0 Å². The summed E-state index contributed by atoms with van der Waals surface area (Å²) in [6.45, 7) is 4.45. The van der Waals surface area contributed by atoms with Crippen LogP contribution in [0.2, 0.25) is 10.0 Å². The highest BCUT2D eigenvalue weighted by Gasteiger charge is 2.25. The van der Waals surface area contributed by atoms with Crippen molar-refractivity contribution in [2.75, 3.05) is 19.6 Å². The van der Waals surface area contributed by atoms with Crippen LogP contribution in [0, 0.1) is 13.8 Å². The molecule has 0 amide bonds. The third-order valence-corrected chi connectivity index (χ3v) is 25.8. The maximum atomic E-state index is 7.13. The average Bonchev–Trinajstić information content (AvgIpc) is 0.781. The lowest BCUT2D eigenvalue weighted by molar-refractivity contribution is 0.976. The second-order valence-electron chi connectivity index (χ2n) is 33.8. The van der Waals surface area contributed by atoms with Gasteiger partial charge in [0.05, 0.1) is 5.02 Å². The minimum Gasteiger partial charge on any atom is -0.311 e. The number of anilines is 12. The standard InChI is InChI=1S/C66H47Cl2N3.C62H48N2/c67-64-21-11-10-20-62(64)63-43-42-61(45-65(63)68)71(59-34-24-50(25-35-59)48-15-6-2-7-16-48)60-40-30-54(31-41-60)66(52-17-8-3-9-18-52)53-28-38-58(39-29-53)70(56-32-22-49(23-33-56)47-13-4-1-5-14-47)57-36-26-51(27-37-57)55-19-12-44-69-46-55;1-45-43-55(31-41-61(45)63(57-33-23-51(24-34-57)47-15-7-3-8-16-47)58-35-25-52(26-36-58)48-17-9-4-10-18-48)56-32-42-62(46(2)44-56)64(59-37-27-53(28-38-59)49-19-11-5-12-20-49)60-39-29-54(30-40-60)50-21-13-6-14-22-50/h1-46,66H;3-44H,1-2H3. The molecular formula is C128H95Cl2N5. The number of rotatable bonds is 24. The number of nitrogens with zero attached hydrogens (tertiary/aromatic N) is 5. The molecule has 7 heteroatoms. The fraction of sp³-hybridized carbons (Fsp3) is 0.0234. The number of halogens is 2. The molecule has 646 valence electrons. The van der Waals surface area contributed by atoms with Crippen molar-refractivity contribution in [2.24, 2.45) is 0 Å². The first kappa shape index (κ1) is 86.4. The first-order valence-corrected chi connectivity index (χ1v) is 46.5. The predicted octanol–water partition coefficient (Wildman–Crippen LogP) is 36.8. The lowest BCUT2D eigenvalue weighted by Gasteiger charge is -2.28. The second kappa shape index (κ2) is 40.4. The van der Waals surface area contributed by atoms with Crippen molar-refractivity contribution in [3.8, 4) is 100 Å². The van der Waals surface area contributed by atoms with E-state index in [4.69, 9.17) is 23.2 Å². The van der Waals surface area contributed by atoms with E-state index in [1.165, 1.54) is 100 Å². The van der Waals surface area contributed by atoms with Gasteiger partial charge in [0, 0.05) is 103 Å². The van der Waals surface area contributed by atoms with Crippen LogP contribution in [0.5, 0.6) is 0 Å². The van der Waals surface area contributed by atoms with Crippen LogP contribution in [-0.2, 0) is 0 Å². The number of aryl methyl sites for hydroxylation is 2. The predicted molar refractivity (Wildman–Crippen MR) is 572 cm³/mol. The molecule has 0 saturated heterocycles. The van der Waals surface area contributed by atoms with Gasteiger partial charge in [-0.15, -0.1) is 0 Å². The van der Waals surface area contributed by atoms with Crippen molar-refractivity contribution in [1.82, 2.24) is 4.98 Å². The van der Waals surface area contributed by atoms with E-state index in [2.05, 4.69) is 518 Å². The van der Waals surface area contributed by atoms with Crippen LogP contribution >= 0.6 is 23.2 Å². The number of aromatic nitrogens is 1. The first-order chi connectivity index (χ1) is 66.6. The molecule has 0 aliphatic carbocycles. The van der Waals surface area contributed by atoms with Crippen LogP contribution in [-0.4, -0.2) is 4.98 Å². The molecule has 0 N–H and O–H groups in total. The summed E-state index contributed by atoms with van der Waals surface area (Å²) in [4.78, 5) is 13.7. The molecule has 1 unspecified atom stereocenters. The van der Waals surface area contributed by atoms with Crippen molar-refractivity contribution < 1.29 is 0 Å². The second-order valence-corrected chi connectivity index (χ2v) is 34.6. The maximum Gasteiger partial charge on any atom is 0.0505 e. The van der Waals surface area contributed by atoms with E-state index in [1.807, 2.05) is 54.9 Å². The van der Waals surface area contributed by atoms with Crippen molar-refractivity contribution >= 4 is 91.5 Å². The minimum absolute atomic E-state index is 0.0281. The van der Waals surface area contributed by atoms with Crippen molar-refractivity contribution in [1.29, 1.82) is 0 Å². The van der Waals surface area contributed by atoms with Gasteiger partial charge < -0.3 is 19.6 Å². The Labute approximate surface area is 802 Å². The summed E-state index contributed by atoms with van der Waals surface area (Å²) in [6, 6.07) is 186. The van der Waals surface area contributed by atoms with Crippen LogP contribution in [0.25, 0.3) is 100 Å². The van der Waals surface area contributed by atoms with Gasteiger partial charge >= 0.3 is 0 Å². The molecule has 0 radical (unpaired) electrons. The quantitative estimate of drug-likeness (QED) is 0.0562. The highest BCUT2D eigenvalue weighted by atomic mass is 35.5. The Morgan fingerprint density at radius 2 is 0.407 bits per heavy atom. The molecule has 20 aromatic carbocycles. The molecule has 21 rings (SSSR count). The van der Waals surface area contributed by atoms with E-state index in [0.717, 1.165) is 96.1 Å². The number of pyridine rings is 1. The minimum atomic E-state index is -0.0281. The van der Waals surface area contributed by atoms with Gasteiger partial charge in [-0.3, -0.25) is 4.98 Å². The molecular weight excluding hydrogens is 1680 g/mol. The Balaban J connectivity index is 0.000000168. The van der Waals surface area contributed by atoms with Gasteiger partial charge in [0.15, 0.2) is 0 Å². The lowest BCUT2D eigenvalue weighted by atomic mass is 9.85. The summed E-state index contributed by atoms with van der Waals surface area (Å²) < 4.78 is 0. The van der Waals surface area contributed by atoms with Crippen LogP contribution in [0.1, 0.15) is 33.7 Å². The molecule has 0 aliphatic rings. The van der Waals surface area contributed by atoms with Gasteiger partial charge in [0.2, 0.25) is 0 Å². The molecule has 0 spiro atoms. The van der Waals surface area contributed by atoms with Crippen molar-refractivity contribution in [2.45, 2.75) is 19.8 Å². The molecule has 0 aliphatic heterocycles. The molecule has 1 atom stereocenters.